The summed E-state index contributed by atoms with van der Waals surface area (Å²) in [6, 6.07) is 4.70. The summed E-state index contributed by atoms with van der Waals surface area (Å²) in [7, 11) is 1.39. The van der Waals surface area contributed by atoms with E-state index in [1.54, 1.807) is 12.1 Å². The Morgan fingerprint density at radius 2 is 2.10 bits per heavy atom. The number of ether oxygens (including phenoxy) is 3. The van der Waals surface area contributed by atoms with E-state index in [9.17, 15) is 8.78 Å². The Hall–Kier alpha value is -1.89. The molecule has 2 heterocycles. The highest BCUT2D eigenvalue weighted by atomic mass is 19.3. The van der Waals surface area contributed by atoms with E-state index >= 15 is 0 Å². The zero-order chi connectivity index (χ0) is 14.2. The summed E-state index contributed by atoms with van der Waals surface area (Å²) in [5.74, 6) is 0.226. The molecule has 0 unspecified atom stereocenters. The zero-order valence-corrected chi connectivity index (χ0v) is 10.8. The molecule has 1 aromatic rings. The van der Waals surface area contributed by atoms with Gasteiger partial charge in [0.05, 0.1) is 26.0 Å². The molecule has 108 valence electrons. The fourth-order valence-electron chi connectivity index (χ4n) is 2.20. The van der Waals surface area contributed by atoms with Crippen molar-refractivity contribution in [2.75, 3.05) is 20.3 Å². The highest BCUT2D eigenvalue weighted by Gasteiger charge is 2.46. The number of rotatable bonds is 4. The van der Waals surface area contributed by atoms with E-state index in [1.807, 2.05) is 0 Å². The second kappa shape index (κ2) is 4.90. The largest absolute Gasteiger partial charge is 0.493 e. The van der Waals surface area contributed by atoms with Crippen LogP contribution in [0.5, 0.6) is 11.5 Å². The van der Waals surface area contributed by atoms with Gasteiger partial charge in [0.15, 0.2) is 17.1 Å². The number of hydrogen-bond donors (Lipinski definition) is 0. The average Bonchev–Trinajstić information content (AvgIpc) is 2.84. The predicted molar refractivity (Wildman–Crippen MR) is 65.4 cm³/mol. The lowest BCUT2D eigenvalue weighted by Gasteiger charge is -2.34. The lowest BCUT2D eigenvalue weighted by molar-refractivity contribution is -0.194. The minimum Gasteiger partial charge on any atom is -0.493 e. The van der Waals surface area contributed by atoms with E-state index in [2.05, 4.69) is 9.89 Å². The summed E-state index contributed by atoms with van der Waals surface area (Å²) in [5.41, 5.74) is 1.16. The third-order valence-electron chi connectivity index (χ3n) is 3.28. The van der Waals surface area contributed by atoms with Crippen LogP contribution in [0.25, 0.3) is 0 Å². The molecule has 0 N–H and O–H groups in total. The van der Waals surface area contributed by atoms with Crippen molar-refractivity contribution in [3.05, 3.63) is 23.8 Å². The van der Waals surface area contributed by atoms with Crippen molar-refractivity contribution in [2.24, 2.45) is 5.16 Å². The molecule has 7 heteroatoms. The minimum absolute atomic E-state index is 0.00699. The van der Waals surface area contributed by atoms with Crippen LogP contribution in [0.4, 0.5) is 8.78 Å². The molecular formula is C13H13F2NO4. The van der Waals surface area contributed by atoms with Gasteiger partial charge in [-0.1, -0.05) is 5.16 Å². The summed E-state index contributed by atoms with van der Waals surface area (Å²) in [4.78, 5) is 5.38. The molecule has 0 atom stereocenters. The lowest BCUT2D eigenvalue weighted by Crippen LogP contribution is -2.49. The first-order valence-corrected chi connectivity index (χ1v) is 6.08. The van der Waals surface area contributed by atoms with Gasteiger partial charge in [0, 0.05) is 12.0 Å². The van der Waals surface area contributed by atoms with Gasteiger partial charge in [-0.15, -0.1) is 0 Å². The van der Waals surface area contributed by atoms with Crippen molar-refractivity contribution in [1.29, 1.82) is 0 Å². The maximum absolute atomic E-state index is 12.3. The first-order valence-electron chi connectivity index (χ1n) is 6.08. The number of alkyl halides is 2. The van der Waals surface area contributed by atoms with Crippen LogP contribution in [0.2, 0.25) is 0 Å². The third kappa shape index (κ3) is 2.29. The van der Waals surface area contributed by atoms with Crippen LogP contribution in [0.3, 0.4) is 0 Å². The van der Waals surface area contributed by atoms with Crippen LogP contribution in [0.15, 0.2) is 23.4 Å². The molecule has 1 saturated heterocycles. The second-order valence-electron chi connectivity index (χ2n) is 4.73. The van der Waals surface area contributed by atoms with Crippen LogP contribution >= 0.6 is 0 Å². The number of methoxy groups -OCH3 is 1. The van der Waals surface area contributed by atoms with Crippen molar-refractivity contribution in [3.8, 4) is 11.5 Å². The van der Waals surface area contributed by atoms with E-state index in [0.29, 0.717) is 19.6 Å². The molecule has 0 aliphatic carbocycles. The molecule has 1 aromatic carbocycles. The van der Waals surface area contributed by atoms with Gasteiger partial charge in [0.25, 0.3) is 0 Å². The molecule has 20 heavy (non-hydrogen) atoms. The molecule has 1 fully saturated rings. The molecule has 0 saturated carbocycles. The Morgan fingerprint density at radius 1 is 1.30 bits per heavy atom. The van der Waals surface area contributed by atoms with Crippen LogP contribution < -0.4 is 9.47 Å². The summed E-state index contributed by atoms with van der Waals surface area (Å²) in [6.07, 6.45) is 0.630. The number of oxime groups is 1. The van der Waals surface area contributed by atoms with Crippen molar-refractivity contribution >= 4 is 5.71 Å². The lowest BCUT2D eigenvalue weighted by atomic mass is 9.92. The smallest absolute Gasteiger partial charge is 0.387 e. The molecule has 1 spiro atoms. The highest BCUT2D eigenvalue weighted by molar-refractivity contribution is 6.02. The molecule has 0 radical (unpaired) electrons. The fourth-order valence-corrected chi connectivity index (χ4v) is 2.20. The quantitative estimate of drug-likeness (QED) is 0.851. The number of hydrogen-bond acceptors (Lipinski definition) is 5. The second-order valence-corrected chi connectivity index (χ2v) is 4.73. The highest BCUT2D eigenvalue weighted by Crippen LogP contribution is 2.35. The van der Waals surface area contributed by atoms with Gasteiger partial charge in [-0.3, -0.25) is 0 Å². The Bertz CT molecular complexity index is 543. The van der Waals surface area contributed by atoms with Crippen LogP contribution in [0.1, 0.15) is 12.0 Å². The number of benzene rings is 1. The molecule has 0 aromatic heterocycles. The van der Waals surface area contributed by atoms with Gasteiger partial charge in [-0.05, 0) is 18.2 Å². The molecule has 2 aliphatic heterocycles. The maximum Gasteiger partial charge on any atom is 0.387 e. The monoisotopic (exact) mass is 285 g/mol. The van der Waals surface area contributed by atoms with Crippen molar-refractivity contribution in [1.82, 2.24) is 0 Å². The molecule has 3 rings (SSSR count). The van der Waals surface area contributed by atoms with Crippen LogP contribution in [-0.4, -0.2) is 38.2 Å². The first-order chi connectivity index (χ1) is 9.62. The average molecular weight is 285 g/mol. The standard InChI is InChI=1S/C13H13F2NO4/c1-17-11-4-8(2-3-10(11)19-12(14)15)9-5-13(20-16-9)6-18-7-13/h2-4,12H,5-7H2,1H3. The summed E-state index contributed by atoms with van der Waals surface area (Å²) < 4.78 is 39.1. The Labute approximate surface area is 114 Å². The Kier molecular flexibility index (Phi) is 3.21. The van der Waals surface area contributed by atoms with E-state index < -0.39 is 6.61 Å². The summed E-state index contributed by atoms with van der Waals surface area (Å²) >= 11 is 0. The molecular weight excluding hydrogens is 272 g/mol. The fraction of sp³-hybridized carbons (Fsp3) is 0.462. The Morgan fingerprint density at radius 3 is 2.65 bits per heavy atom. The number of halogens is 2. The minimum atomic E-state index is -2.89. The third-order valence-corrected chi connectivity index (χ3v) is 3.28. The van der Waals surface area contributed by atoms with E-state index in [4.69, 9.17) is 14.3 Å². The molecule has 0 amide bonds. The Balaban J connectivity index is 1.81. The van der Waals surface area contributed by atoms with Gasteiger partial charge in [-0.25, -0.2) is 0 Å². The maximum atomic E-state index is 12.3. The molecule has 5 nitrogen and oxygen atoms in total. The van der Waals surface area contributed by atoms with Crippen LogP contribution in [0, 0.1) is 0 Å². The predicted octanol–water partition coefficient (Wildman–Crippen LogP) is 2.19. The zero-order valence-electron chi connectivity index (χ0n) is 10.8. The number of nitrogens with zero attached hydrogens (tertiary/aromatic N) is 1. The van der Waals surface area contributed by atoms with Crippen molar-refractivity contribution in [3.63, 3.8) is 0 Å². The van der Waals surface area contributed by atoms with Crippen LogP contribution in [-0.2, 0) is 9.57 Å². The van der Waals surface area contributed by atoms with E-state index in [-0.39, 0.29) is 17.1 Å². The SMILES string of the molecule is COc1cc(C2=NOC3(COC3)C2)ccc1OC(F)F. The first kappa shape index (κ1) is 13.1. The normalized spacial score (nSPS) is 19.5. The van der Waals surface area contributed by atoms with Gasteiger partial charge in [0.1, 0.15) is 0 Å². The topological polar surface area (TPSA) is 49.3 Å². The van der Waals surface area contributed by atoms with Gasteiger partial charge < -0.3 is 19.0 Å². The summed E-state index contributed by atoms with van der Waals surface area (Å²) in [6.45, 7) is -1.86. The van der Waals surface area contributed by atoms with E-state index in [1.165, 1.54) is 13.2 Å². The van der Waals surface area contributed by atoms with E-state index in [0.717, 1.165) is 11.3 Å². The van der Waals surface area contributed by atoms with Gasteiger partial charge >= 0.3 is 6.61 Å². The molecule has 2 aliphatic rings. The molecule has 0 bridgehead atoms. The summed E-state index contributed by atoms with van der Waals surface area (Å²) in [5, 5.41) is 4.04. The van der Waals surface area contributed by atoms with Gasteiger partial charge in [0.2, 0.25) is 0 Å². The van der Waals surface area contributed by atoms with Crippen molar-refractivity contribution in [2.45, 2.75) is 18.6 Å². The van der Waals surface area contributed by atoms with Gasteiger partial charge in [-0.2, -0.15) is 8.78 Å². The van der Waals surface area contributed by atoms with Crippen molar-refractivity contribution < 1.29 is 27.8 Å².